The summed E-state index contributed by atoms with van der Waals surface area (Å²) in [4.78, 5) is 0. The second-order valence-corrected chi connectivity index (χ2v) is 6.46. The van der Waals surface area contributed by atoms with E-state index in [1.54, 1.807) is 0 Å². The summed E-state index contributed by atoms with van der Waals surface area (Å²) in [5, 5.41) is 8.02. The maximum absolute atomic E-state index is 4.30. The number of hydrogen-bond acceptors (Lipinski definition) is 2. The zero-order chi connectivity index (χ0) is 14.4. The first-order valence-corrected chi connectivity index (χ1v) is 8.43. The van der Waals surface area contributed by atoms with Crippen molar-refractivity contribution < 1.29 is 0 Å². The summed E-state index contributed by atoms with van der Waals surface area (Å²) in [6.07, 6.45) is 13.8. The van der Waals surface area contributed by atoms with Crippen LogP contribution in [0.3, 0.4) is 0 Å². The maximum atomic E-state index is 4.30. The van der Waals surface area contributed by atoms with Crippen LogP contribution in [0.5, 0.6) is 0 Å². The van der Waals surface area contributed by atoms with Crippen LogP contribution in [-0.4, -0.2) is 22.4 Å². The lowest BCUT2D eigenvalue weighted by molar-refractivity contribution is 0.213. The van der Waals surface area contributed by atoms with E-state index < -0.39 is 0 Å². The SMILES string of the molecule is CCCC1CCC(C(Cc2cnn(C)c2)NCC)CC1. The topological polar surface area (TPSA) is 29.9 Å². The summed E-state index contributed by atoms with van der Waals surface area (Å²) >= 11 is 0. The monoisotopic (exact) mass is 277 g/mol. The molecule has 20 heavy (non-hydrogen) atoms. The molecule has 3 heteroatoms. The minimum absolute atomic E-state index is 0.631. The molecular weight excluding hydrogens is 246 g/mol. The van der Waals surface area contributed by atoms with E-state index in [2.05, 4.69) is 30.5 Å². The second-order valence-electron chi connectivity index (χ2n) is 6.46. The van der Waals surface area contributed by atoms with Gasteiger partial charge < -0.3 is 5.32 Å². The molecular formula is C17H31N3. The van der Waals surface area contributed by atoms with Gasteiger partial charge in [-0.3, -0.25) is 4.68 Å². The molecule has 0 aliphatic heterocycles. The average molecular weight is 277 g/mol. The predicted molar refractivity (Wildman–Crippen MR) is 84.7 cm³/mol. The van der Waals surface area contributed by atoms with E-state index in [1.807, 2.05) is 17.9 Å². The molecule has 114 valence electrons. The Morgan fingerprint density at radius 1 is 1.30 bits per heavy atom. The van der Waals surface area contributed by atoms with Crippen LogP contribution < -0.4 is 5.32 Å². The van der Waals surface area contributed by atoms with E-state index in [1.165, 1.54) is 44.1 Å². The molecule has 0 radical (unpaired) electrons. The van der Waals surface area contributed by atoms with Crippen LogP contribution >= 0.6 is 0 Å². The van der Waals surface area contributed by atoms with Gasteiger partial charge in [0.2, 0.25) is 0 Å². The van der Waals surface area contributed by atoms with Crippen LogP contribution in [0.4, 0.5) is 0 Å². The number of aryl methyl sites for hydroxylation is 1. The van der Waals surface area contributed by atoms with Crippen molar-refractivity contribution in [3.63, 3.8) is 0 Å². The third-order valence-electron chi connectivity index (χ3n) is 4.84. The van der Waals surface area contributed by atoms with Crippen molar-refractivity contribution in [2.75, 3.05) is 6.54 Å². The van der Waals surface area contributed by atoms with Gasteiger partial charge in [0, 0.05) is 19.3 Å². The van der Waals surface area contributed by atoms with Gasteiger partial charge in [-0.05, 0) is 43.2 Å². The van der Waals surface area contributed by atoms with Gasteiger partial charge in [0.15, 0.2) is 0 Å². The van der Waals surface area contributed by atoms with Crippen molar-refractivity contribution in [3.8, 4) is 0 Å². The van der Waals surface area contributed by atoms with Gasteiger partial charge >= 0.3 is 0 Å². The van der Waals surface area contributed by atoms with Crippen molar-refractivity contribution in [1.82, 2.24) is 15.1 Å². The highest BCUT2D eigenvalue weighted by atomic mass is 15.2. The van der Waals surface area contributed by atoms with E-state index in [0.29, 0.717) is 6.04 Å². The van der Waals surface area contributed by atoms with Crippen molar-refractivity contribution in [2.24, 2.45) is 18.9 Å². The van der Waals surface area contributed by atoms with Crippen LogP contribution in [0, 0.1) is 11.8 Å². The van der Waals surface area contributed by atoms with Crippen molar-refractivity contribution in [2.45, 2.75) is 64.8 Å². The molecule has 0 amide bonds. The smallest absolute Gasteiger partial charge is 0.0522 e. The Hall–Kier alpha value is -0.830. The van der Waals surface area contributed by atoms with E-state index >= 15 is 0 Å². The number of nitrogens with one attached hydrogen (secondary N) is 1. The molecule has 1 fully saturated rings. The zero-order valence-electron chi connectivity index (χ0n) is 13.4. The minimum Gasteiger partial charge on any atom is -0.314 e. The highest BCUT2D eigenvalue weighted by Crippen LogP contribution is 2.34. The molecule has 1 aromatic rings. The Balaban J connectivity index is 1.88. The fourth-order valence-electron chi connectivity index (χ4n) is 3.79. The van der Waals surface area contributed by atoms with Gasteiger partial charge in [0.05, 0.1) is 6.20 Å². The molecule has 0 spiro atoms. The Labute approximate surface area is 124 Å². The Bertz CT molecular complexity index is 377. The number of likely N-dealkylation sites (N-methyl/N-ethyl adjacent to an activating group) is 1. The van der Waals surface area contributed by atoms with Crippen LogP contribution in [0.25, 0.3) is 0 Å². The minimum atomic E-state index is 0.631. The highest BCUT2D eigenvalue weighted by Gasteiger charge is 2.27. The molecule has 1 atom stereocenters. The third kappa shape index (κ3) is 4.34. The molecule has 0 bridgehead atoms. The maximum Gasteiger partial charge on any atom is 0.0522 e. The predicted octanol–water partition coefficient (Wildman–Crippen LogP) is 3.55. The summed E-state index contributed by atoms with van der Waals surface area (Å²) in [6, 6.07) is 0.631. The summed E-state index contributed by atoms with van der Waals surface area (Å²) < 4.78 is 1.91. The quantitative estimate of drug-likeness (QED) is 0.826. The molecule has 1 saturated carbocycles. The van der Waals surface area contributed by atoms with Gasteiger partial charge in [-0.25, -0.2) is 0 Å². The largest absolute Gasteiger partial charge is 0.314 e. The normalized spacial score (nSPS) is 24.8. The van der Waals surface area contributed by atoms with Crippen molar-refractivity contribution >= 4 is 0 Å². The Kier molecular flexibility index (Phi) is 6.08. The summed E-state index contributed by atoms with van der Waals surface area (Å²) in [6.45, 7) is 5.61. The molecule has 1 aliphatic rings. The van der Waals surface area contributed by atoms with Gasteiger partial charge in [-0.15, -0.1) is 0 Å². The summed E-state index contributed by atoms with van der Waals surface area (Å²) in [7, 11) is 2.00. The number of aromatic nitrogens is 2. The molecule has 2 rings (SSSR count). The molecule has 1 heterocycles. The van der Waals surface area contributed by atoms with E-state index in [9.17, 15) is 0 Å². The summed E-state index contributed by atoms with van der Waals surface area (Å²) in [5.41, 5.74) is 1.37. The van der Waals surface area contributed by atoms with Crippen molar-refractivity contribution in [1.29, 1.82) is 0 Å². The third-order valence-corrected chi connectivity index (χ3v) is 4.84. The van der Waals surface area contributed by atoms with Gasteiger partial charge in [-0.1, -0.05) is 39.5 Å². The molecule has 0 saturated heterocycles. The summed E-state index contributed by atoms with van der Waals surface area (Å²) in [5.74, 6) is 1.85. The molecule has 1 aromatic heterocycles. The molecule has 0 aromatic carbocycles. The number of nitrogens with zero attached hydrogens (tertiary/aromatic N) is 2. The lowest BCUT2D eigenvalue weighted by Crippen LogP contribution is -2.39. The number of rotatable bonds is 7. The Morgan fingerprint density at radius 2 is 2.05 bits per heavy atom. The first-order chi connectivity index (χ1) is 9.72. The highest BCUT2D eigenvalue weighted by molar-refractivity contribution is 5.07. The molecule has 3 nitrogen and oxygen atoms in total. The lowest BCUT2D eigenvalue weighted by atomic mass is 9.76. The van der Waals surface area contributed by atoms with Gasteiger partial charge in [0.1, 0.15) is 0 Å². The van der Waals surface area contributed by atoms with Crippen LogP contribution in [-0.2, 0) is 13.5 Å². The zero-order valence-corrected chi connectivity index (χ0v) is 13.4. The first kappa shape index (κ1) is 15.6. The molecule has 1 unspecified atom stereocenters. The van der Waals surface area contributed by atoms with Gasteiger partial charge in [-0.2, -0.15) is 5.10 Å². The fourth-order valence-corrected chi connectivity index (χ4v) is 3.79. The van der Waals surface area contributed by atoms with Crippen LogP contribution in [0.2, 0.25) is 0 Å². The Morgan fingerprint density at radius 3 is 2.60 bits per heavy atom. The first-order valence-electron chi connectivity index (χ1n) is 8.43. The van der Waals surface area contributed by atoms with E-state index in [0.717, 1.165) is 24.8 Å². The average Bonchev–Trinajstić information content (AvgIpc) is 2.85. The second kappa shape index (κ2) is 7.82. The molecule has 1 aliphatic carbocycles. The number of hydrogen-bond donors (Lipinski definition) is 1. The van der Waals surface area contributed by atoms with Gasteiger partial charge in [0.25, 0.3) is 0 Å². The fraction of sp³-hybridized carbons (Fsp3) is 0.824. The standard InChI is InChI=1S/C17H31N3/c1-4-6-14-7-9-16(10-8-14)17(18-5-2)11-15-12-19-20(3)13-15/h12-14,16-18H,4-11H2,1-3H3. The van der Waals surface area contributed by atoms with E-state index in [4.69, 9.17) is 0 Å². The lowest BCUT2D eigenvalue weighted by Gasteiger charge is -2.34. The van der Waals surface area contributed by atoms with Crippen LogP contribution in [0.15, 0.2) is 12.4 Å². The molecule has 1 N–H and O–H groups in total. The van der Waals surface area contributed by atoms with Crippen LogP contribution in [0.1, 0.15) is 57.9 Å². The van der Waals surface area contributed by atoms with E-state index in [-0.39, 0.29) is 0 Å². The van der Waals surface area contributed by atoms with Crippen molar-refractivity contribution in [3.05, 3.63) is 18.0 Å².